The molecule has 120 valence electrons. The number of likely N-dealkylation sites (tertiary alicyclic amines) is 1. The Labute approximate surface area is 123 Å². The summed E-state index contributed by atoms with van der Waals surface area (Å²) in [5, 5.41) is 14.2. The number of amides is 3. The zero-order valence-electron chi connectivity index (χ0n) is 12.4. The highest BCUT2D eigenvalue weighted by Crippen LogP contribution is 2.11. The molecule has 0 aromatic heterocycles. The maximum Gasteiger partial charge on any atom is 0.407 e. The minimum Gasteiger partial charge on any atom is -0.481 e. The molecule has 0 radical (unpaired) electrons. The summed E-state index contributed by atoms with van der Waals surface area (Å²) in [4.78, 5) is 35.5. The van der Waals surface area contributed by atoms with Gasteiger partial charge in [-0.2, -0.15) is 0 Å². The molecule has 21 heavy (non-hydrogen) atoms. The van der Waals surface area contributed by atoms with Gasteiger partial charge in [-0.3, -0.25) is 4.79 Å². The van der Waals surface area contributed by atoms with Crippen LogP contribution in [0.15, 0.2) is 0 Å². The summed E-state index contributed by atoms with van der Waals surface area (Å²) in [6.07, 6.45) is 1.47. The molecule has 1 aliphatic heterocycles. The van der Waals surface area contributed by atoms with E-state index in [4.69, 9.17) is 5.11 Å². The van der Waals surface area contributed by atoms with E-state index in [0.29, 0.717) is 25.9 Å². The summed E-state index contributed by atoms with van der Waals surface area (Å²) in [5.41, 5.74) is 0. The lowest BCUT2D eigenvalue weighted by atomic mass is 10.1. The Morgan fingerprint density at radius 2 is 2.14 bits per heavy atom. The molecule has 3 amide bonds. The van der Waals surface area contributed by atoms with Gasteiger partial charge in [0.1, 0.15) is 0 Å². The first kappa shape index (κ1) is 17.1. The van der Waals surface area contributed by atoms with Gasteiger partial charge in [-0.15, -0.1) is 0 Å². The lowest BCUT2D eigenvalue weighted by Gasteiger charge is -2.22. The predicted molar refractivity (Wildman–Crippen MR) is 75.0 cm³/mol. The van der Waals surface area contributed by atoms with Crippen LogP contribution in [-0.4, -0.2) is 60.4 Å². The highest BCUT2D eigenvalue weighted by Gasteiger charge is 2.28. The molecule has 1 heterocycles. The molecule has 0 aliphatic carbocycles. The van der Waals surface area contributed by atoms with E-state index in [1.807, 2.05) is 6.92 Å². The molecule has 1 fully saturated rings. The number of aliphatic carboxylic acids is 1. The maximum absolute atomic E-state index is 12.1. The van der Waals surface area contributed by atoms with E-state index in [1.165, 1.54) is 7.11 Å². The first-order valence-corrected chi connectivity index (χ1v) is 7.08. The second kappa shape index (κ2) is 8.33. The molecule has 0 aromatic rings. The fourth-order valence-electron chi connectivity index (χ4n) is 2.34. The molecule has 0 spiro atoms. The fourth-order valence-corrected chi connectivity index (χ4v) is 2.34. The molecule has 3 N–H and O–H groups in total. The average Bonchev–Trinajstić information content (AvgIpc) is 2.86. The van der Waals surface area contributed by atoms with Crippen molar-refractivity contribution in [2.24, 2.45) is 0 Å². The van der Waals surface area contributed by atoms with Crippen LogP contribution in [0, 0.1) is 0 Å². The number of carboxylic acid groups (broad SMARTS) is 1. The minimum atomic E-state index is -0.930. The number of urea groups is 1. The van der Waals surface area contributed by atoms with E-state index < -0.39 is 12.1 Å². The average molecular weight is 301 g/mol. The Morgan fingerprint density at radius 3 is 2.71 bits per heavy atom. The van der Waals surface area contributed by atoms with Crippen molar-refractivity contribution in [3.05, 3.63) is 0 Å². The van der Waals surface area contributed by atoms with Gasteiger partial charge in [0, 0.05) is 19.1 Å². The van der Waals surface area contributed by atoms with Crippen LogP contribution in [0.25, 0.3) is 0 Å². The molecule has 2 unspecified atom stereocenters. The highest BCUT2D eigenvalue weighted by molar-refractivity contribution is 5.76. The maximum atomic E-state index is 12.1. The number of hydrogen-bond acceptors (Lipinski definition) is 4. The van der Waals surface area contributed by atoms with Gasteiger partial charge in [-0.05, 0) is 12.8 Å². The van der Waals surface area contributed by atoms with Gasteiger partial charge in [-0.25, -0.2) is 9.59 Å². The minimum absolute atomic E-state index is 0.0861. The number of ether oxygens (including phenoxy) is 1. The first-order chi connectivity index (χ1) is 9.96. The number of nitrogens with zero attached hydrogens (tertiary/aromatic N) is 1. The summed E-state index contributed by atoms with van der Waals surface area (Å²) in [5.74, 6) is -0.930. The molecule has 8 heteroatoms. The zero-order chi connectivity index (χ0) is 15.8. The number of alkyl carbamates (subject to hydrolysis) is 1. The summed E-state index contributed by atoms with van der Waals surface area (Å²) in [7, 11) is 1.29. The van der Waals surface area contributed by atoms with Crippen LogP contribution < -0.4 is 10.6 Å². The molecule has 0 bridgehead atoms. The standard InChI is InChI=1S/C13H23N3O5/c1-3-4-9(7-11(17)18)14-12(19)16-6-5-10(8-16)15-13(20)21-2/h9-10H,3-8H2,1-2H3,(H,14,19)(H,15,20)(H,17,18). The van der Waals surface area contributed by atoms with E-state index in [2.05, 4.69) is 15.4 Å². The predicted octanol–water partition coefficient (Wildman–Crippen LogP) is 0.770. The first-order valence-electron chi connectivity index (χ1n) is 7.08. The van der Waals surface area contributed by atoms with Crippen molar-refractivity contribution in [2.45, 2.75) is 44.7 Å². The van der Waals surface area contributed by atoms with Gasteiger partial charge in [-0.1, -0.05) is 13.3 Å². The van der Waals surface area contributed by atoms with Crippen molar-refractivity contribution >= 4 is 18.1 Å². The number of carbonyl (C=O) groups excluding carboxylic acids is 2. The summed E-state index contributed by atoms with van der Waals surface area (Å²) < 4.78 is 4.51. The lowest BCUT2D eigenvalue weighted by molar-refractivity contribution is -0.137. The van der Waals surface area contributed by atoms with Crippen LogP contribution >= 0.6 is 0 Å². The van der Waals surface area contributed by atoms with Gasteiger partial charge >= 0.3 is 18.1 Å². The Bertz CT molecular complexity index is 388. The normalized spacial score (nSPS) is 19.0. The molecule has 0 saturated carbocycles. The van der Waals surface area contributed by atoms with Crippen molar-refractivity contribution < 1.29 is 24.2 Å². The van der Waals surface area contributed by atoms with Crippen LogP contribution in [0.4, 0.5) is 9.59 Å². The van der Waals surface area contributed by atoms with Crippen LogP contribution in [0.1, 0.15) is 32.6 Å². The number of rotatable bonds is 6. The summed E-state index contributed by atoms with van der Waals surface area (Å²) in [6.45, 7) is 2.85. The van der Waals surface area contributed by atoms with Crippen molar-refractivity contribution in [1.29, 1.82) is 0 Å². The molecule has 2 atom stereocenters. The van der Waals surface area contributed by atoms with Crippen LogP contribution in [0.5, 0.6) is 0 Å². The topological polar surface area (TPSA) is 108 Å². The van der Waals surface area contributed by atoms with E-state index in [1.54, 1.807) is 4.90 Å². The second-order valence-corrected chi connectivity index (χ2v) is 5.10. The molecule has 1 rings (SSSR count). The van der Waals surface area contributed by atoms with E-state index in [-0.39, 0.29) is 24.5 Å². The third-order valence-electron chi connectivity index (χ3n) is 3.37. The second-order valence-electron chi connectivity index (χ2n) is 5.10. The van der Waals surface area contributed by atoms with E-state index >= 15 is 0 Å². The lowest BCUT2D eigenvalue weighted by Crippen LogP contribution is -2.46. The molecule has 1 aliphatic rings. The van der Waals surface area contributed by atoms with Crippen molar-refractivity contribution in [3.63, 3.8) is 0 Å². The number of methoxy groups -OCH3 is 1. The quantitative estimate of drug-likeness (QED) is 0.671. The summed E-state index contributed by atoms with van der Waals surface area (Å²) >= 11 is 0. The monoisotopic (exact) mass is 301 g/mol. The van der Waals surface area contributed by atoms with Gasteiger partial charge in [0.25, 0.3) is 0 Å². The largest absolute Gasteiger partial charge is 0.481 e. The van der Waals surface area contributed by atoms with Crippen molar-refractivity contribution in [3.8, 4) is 0 Å². The Morgan fingerprint density at radius 1 is 1.43 bits per heavy atom. The van der Waals surface area contributed by atoms with Crippen LogP contribution in [-0.2, 0) is 9.53 Å². The third kappa shape index (κ3) is 5.88. The number of nitrogens with one attached hydrogen (secondary N) is 2. The SMILES string of the molecule is CCCC(CC(=O)O)NC(=O)N1CCC(NC(=O)OC)C1. The molecule has 0 aromatic carbocycles. The van der Waals surface area contributed by atoms with E-state index in [9.17, 15) is 14.4 Å². The smallest absolute Gasteiger partial charge is 0.407 e. The summed E-state index contributed by atoms with van der Waals surface area (Å²) in [6, 6.07) is -0.788. The van der Waals surface area contributed by atoms with Gasteiger partial charge in [0.05, 0.1) is 19.6 Å². The van der Waals surface area contributed by atoms with Crippen molar-refractivity contribution in [1.82, 2.24) is 15.5 Å². The third-order valence-corrected chi connectivity index (χ3v) is 3.37. The van der Waals surface area contributed by atoms with Crippen LogP contribution in [0.3, 0.4) is 0 Å². The van der Waals surface area contributed by atoms with Gasteiger partial charge in [0.2, 0.25) is 0 Å². The molecule has 1 saturated heterocycles. The highest BCUT2D eigenvalue weighted by atomic mass is 16.5. The number of carboxylic acids is 1. The molecule has 8 nitrogen and oxygen atoms in total. The Kier molecular flexibility index (Phi) is 6.77. The van der Waals surface area contributed by atoms with Gasteiger partial charge < -0.3 is 25.4 Å². The molecular formula is C13H23N3O5. The van der Waals surface area contributed by atoms with Crippen LogP contribution in [0.2, 0.25) is 0 Å². The van der Waals surface area contributed by atoms with Gasteiger partial charge in [0.15, 0.2) is 0 Å². The molecular weight excluding hydrogens is 278 g/mol. The van der Waals surface area contributed by atoms with Crippen molar-refractivity contribution in [2.75, 3.05) is 20.2 Å². The number of carbonyl (C=O) groups is 3. The zero-order valence-corrected chi connectivity index (χ0v) is 12.4. The Balaban J connectivity index is 2.44. The van der Waals surface area contributed by atoms with E-state index in [0.717, 1.165) is 6.42 Å². The fraction of sp³-hybridized carbons (Fsp3) is 0.769. The number of hydrogen-bond donors (Lipinski definition) is 3. The Hall–Kier alpha value is -1.99.